The van der Waals surface area contributed by atoms with Gasteiger partial charge < -0.3 is 10.4 Å². The van der Waals surface area contributed by atoms with Crippen LogP contribution in [0, 0.1) is 6.92 Å². The molecule has 20 heavy (non-hydrogen) atoms. The van der Waals surface area contributed by atoms with Crippen molar-refractivity contribution in [1.82, 2.24) is 5.32 Å². The van der Waals surface area contributed by atoms with Crippen molar-refractivity contribution in [2.45, 2.75) is 38.6 Å². The Kier molecular flexibility index (Phi) is 6.70. The first-order chi connectivity index (χ1) is 9.52. The molecule has 0 saturated heterocycles. The number of carboxylic acids is 1. The molecule has 0 bridgehead atoms. The first-order valence-electron chi connectivity index (χ1n) is 6.66. The van der Waals surface area contributed by atoms with Crippen LogP contribution in [0.1, 0.15) is 30.4 Å². The molecule has 5 heteroatoms. The maximum Gasteiger partial charge on any atom is 0.328 e. The van der Waals surface area contributed by atoms with E-state index in [1.807, 2.05) is 19.1 Å². The minimum Gasteiger partial charge on any atom is -0.480 e. The Morgan fingerprint density at radius 1 is 1.25 bits per heavy atom. The van der Waals surface area contributed by atoms with Gasteiger partial charge in [-0.25, -0.2) is 9.18 Å². The van der Waals surface area contributed by atoms with Gasteiger partial charge in [-0.15, -0.1) is 0 Å². The fraction of sp³-hybridized carbons (Fsp3) is 0.467. The standard InChI is InChI=1S/C15H20FNO3/c1-11-6-8-12(9-7-11)4-2-3-5-14(18)17-13(10-16)15(19)20/h6-9,13H,2-5,10H2,1H3,(H,17,18)(H,19,20). The van der Waals surface area contributed by atoms with Crippen molar-refractivity contribution < 1.29 is 19.1 Å². The van der Waals surface area contributed by atoms with Gasteiger partial charge in [-0.2, -0.15) is 0 Å². The minimum absolute atomic E-state index is 0.218. The second-order valence-electron chi connectivity index (χ2n) is 4.81. The quantitative estimate of drug-likeness (QED) is 0.718. The normalized spacial score (nSPS) is 11.9. The maximum absolute atomic E-state index is 12.3. The summed E-state index contributed by atoms with van der Waals surface area (Å²) in [6.07, 6.45) is 2.58. The summed E-state index contributed by atoms with van der Waals surface area (Å²) in [5.74, 6) is -1.76. The van der Waals surface area contributed by atoms with Gasteiger partial charge >= 0.3 is 5.97 Å². The summed E-state index contributed by atoms with van der Waals surface area (Å²) in [4.78, 5) is 22.0. The third kappa shape index (κ3) is 5.82. The van der Waals surface area contributed by atoms with E-state index in [1.165, 1.54) is 11.1 Å². The zero-order chi connectivity index (χ0) is 15.0. The number of nitrogens with one attached hydrogen (secondary N) is 1. The van der Waals surface area contributed by atoms with Crippen LogP contribution in [0.5, 0.6) is 0 Å². The molecule has 0 aromatic heterocycles. The van der Waals surface area contributed by atoms with E-state index in [9.17, 15) is 14.0 Å². The number of rotatable bonds is 8. The molecule has 1 amide bonds. The second kappa shape index (κ2) is 8.30. The summed E-state index contributed by atoms with van der Waals surface area (Å²) >= 11 is 0. The lowest BCUT2D eigenvalue weighted by atomic mass is 10.1. The van der Waals surface area contributed by atoms with E-state index in [2.05, 4.69) is 17.4 Å². The van der Waals surface area contributed by atoms with Gasteiger partial charge in [0.15, 0.2) is 6.04 Å². The molecule has 0 aliphatic carbocycles. The number of alkyl halides is 1. The lowest BCUT2D eigenvalue weighted by molar-refractivity contribution is -0.142. The Morgan fingerprint density at radius 3 is 2.45 bits per heavy atom. The predicted molar refractivity (Wildman–Crippen MR) is 74.3 cm³/mol. The molecule has 1 rings (SSSR count). The van der Waals surface area contributed by atoms with E-state index < -0.39 is 24.6 Å². The molecule has 0 saturated carbocycles. The Bertz CT molecular complexity index is 445. The zero-order valence-corrected chi connectivity index (χ0v) is 11.6. The van der Waals surface area contributed by atoms with Crippen molar-refractivity contribution in [3.05, 3.63) is 35.4 Å². The number of unbranched alkanes of at least 4 members (excludes halogenated alkanes) is 1. The SMILES string of the molecule is Cc1ccc(CCCCC(=O)NC(CF)C(=O)O)cc1. The fourth-order valence-electron chi connectivity index (χ4n) is 1.80. The minimum atomic E-state index is -1.43. The van der Waals surface area contributed by atoms with E-state index in [0.717, 1.165) is 12.8 Å². The van der Waals surface area contributed by atoms with E-state index in [0.29, 0.717) is 6.42 Å². The van der Waals surface area contributed by atoms with Crippen LogP contribution in [0.15, 0.2) is 24.3 Å². The average molecular weight is 281 g/mol. The van der Waals surface area contributed by atoms with E-state index in [1.54, 1.807) is 0 Å². The third-order valence-corrected chi connectivity index (χ3v) is 3.03. The average Bonchev–Trinajstić information content (AvgIpc) is 2.42. The number of aryl methyl sites for hydroxylation is 2. The maximum atomic E-state index is 12.3. The molecule has 1 unspecified atom stereocenters. The number of hydrogen-bond donors (Lipinski definition) is 2. The highest BCUT2D eigenvalue weighted by Gasteiger charge is 2.18. The fourth-order valence-corrected chi connectivity index (χ4v) is 1.80. The van der Waals surface area contributed by atoms with Crippen molar-refractivity contribution in [2.24, 2.45) is 0 Å². The van der Waals surface area contributed by atoms with Crippen LogP contribution in [0.4, 0.5) is 4.39 Å². The molecule has 0 fully saturated rings. The molecule has 1 aromatic rings. The monoisotopic (exact) mass is 281 g/mol. The molecule has 0 aliphatic heterocycles. The van der Waals surface area contributed by atoms with Gasteiger partial charge in [0.1, 0.15) is 6.67 Å². The Labute approximate surface area is 118 Å². The Balaban J connectivity index is 2.22. The largest absolute Gasteiger partial charge is 0.480 e. The molecule has 1 aromatic carbocycles. The van der Waals surface area contributed by atoms with Crippen LogP contribution in [-0.4, -0.2) is 29.7 Å². The molecule has 0 aliphatic rings. The number of aliphatic carboxylic acids is 1. The highest BCUT2D eigenvalue weighted by molar-refractivity contribution is 5.83. The number of carboxylic acid groups (broad SMARTS) is 1. The lowest BCUT2D eigenvalue weighted by Gasteiger charge is -2.10. The summed E-state index contributed by atoms with van der Waals surface area (Å²) < 4.78 is 12.3. The summed E-state index contributed by atoms with van der Waals surface area (Å²) in [5, 5.41) is 10.8. The van der Waals surface area contributed by atoms with Crippen molar-refractivity contribution in [3.8, 4) is 0 Å². The molecule has 0 spiro atoms. The Morgan fingerprint density at radius 2 is 1.90 bits per heavy atom. The lowest BCUT2D eigenvalue weighted by Crippen LogP contribution is -2.42. The van der Waals surface area contributed by atoms with Crippen molar-refractivity contribution in [2.75, 3.05) is 6.67 Å². The van der Waals surface area contributed by atoms with E-state index in [-0.39, 0.29) is 6.42 Å². The van der Waals surface area contributed by atoms with Crippen LogP contribution >= 0.6 is 0 Å². The Hall–Kier alpha value is -1.91. The van der Waals surface area contributed by atoms with Gasteiger partial charge in [0.2, 0.25) is 5.91 Å². The molecule has 4 nitrogen and oxygen atoms in total. The first-order valence-corrected chi connectivity index (χ1v) is 6.66. The summed E-state index contributed by atoms with van der Waals surface area (Å²) in [6.45, 7) is 0.933. The number of carbonyl (C=O) groups excluding carboxylic acids is 1. The summed E-state index contributed by atoms with van der Waals surface area (Å²) in [7, 11) is 0. The van der Waals surface area contributed by atoms with Crippen LogP contribution in [-0.2, 0) is 16.0 Å². The van der Waals surface area contributed by atoms with Gasteiger partial charge in [0.05, 0.1) is 0 Å². The zero-order valence-electron chi connectivity index (χ0n) is 11.6. The van der Waals surface area contributed by atoms with Crippen molar-refractivity contribution in [3.63, 3.8) is 0 Å². The molecule has 110 valence electrons. The van der Waals surface area contributed by atoms with Crippen LogP contribution in [0.2, 0.25) is 0 Å². The molecular weight excluding hydrogens is 261 g/mol. The summed E-state index contributed by atoms with van der Waals surface area (Å²) in [5.41, 5.74) is 2.42. The molecule has 0 heterocycles. The van der Waals surface area contributed by atoms with Crippen molar-refractivity contribution >= 4 is 11.9 Å². The molecule has 0 radical (unpaired) electrons. The van der Waals surface area contributed by atoms with Crippen LogP contribution in [0.3, 0.4) is 0 Å². The van der Waals surface area contributed by atoms with Gasteiger partial charge in [-0.1, -0.05) is 29.8 Å². The number of halogens is 1. The molecule has 1 atom stereocenters. The molecule has 2 N–H and O–H groups in total. The second-order valence-corrected chi connectivity index (χ2v) is 4.81. The molecular formula is C15H20FNO3. The number of benzene rings is 1. The van der Waals surface area contributed by atoms with Gasteiger partial charge in [-0.05, 0) is 31.7 Å². The predicted octanol–water partition coefficient (Wildman–Crippen LogP) is 2.25. The number of carbonyl (C=O) groups is 2. The smallest absolute Gasteiger partial charge is 0.328 e. The topological polar surface area (TPSA) is 66.4 Å². The van der Waals surface area contributed by atoms with Gasteiger partial charge in [-0.3, -0.25) is 4.79 Å². The third-order valence-electron chi connectivity index (χ3n) is 3.03. The highest BCUT2D eigenvalue weighted by atomic mass is 19.1. The van der Waals surface area contributed by atoms with Gasteiger partial charge in [0.25, 0.3) is 0 Å². The van der Waals surface area contributed by atoms with Crippen LogP contribution in [0.25, 0.3) is 0 Å². The number of hydrogen-bond acceptors (Lipinski definition) is 2. The van der Waals surface area contributed by atoms with E-state index >= 15 is 0 Å². The highest BCUT2D eigenvalue weighted by Crippen LogP contribution is 2.08. The van der Waals surface area contributed by atoms with E-state index in [4.69, 9.17) is 5.11 Å². The number of amides is 1. The first kappa shape index (κ1) is 16.1. The van der Waals surface area contributed by atoms with Crippen LogP contribution < -0.4 is 5.32 Å². The summed E-state index contributed by atoms with van der Waals surface area (Å²) in [6, 6.07) is 6.76. The van der Waals surface area contributed by atoms with Gasteiger partial charge in [0, 0.05) is 6.42 Å². The van der Waals surface area contributed by atoms with Crippen molar-refractivity contribution in [1.29, 1.82) is 0 Å².